The molecule has 5 rings (SSSR count). The number of amides is 1. The molecular formula is C22H27F4N5O. The summed E-state index contributed by atoms with van der Waals surface area (Å²) < 4.78 is 55.0. The van der Waals surface area contributed by atoms with E-state index in [1.54, 1.807) is 22.9 Å². The Morgan fingerprint density at radius 2 is 1.78 bits per heavy atom. The number of imidazole rings is 1. The highest BCUT2D eigenvalue weighted by atomic mass is 19.3. The largest absolute Gasteiger partial charge is 0.347 e. The number of rotatable bonds is 7. The molecule has 0 saturated heterocycles. The number of nitrogens with zero attached hydrogens (tertiary/aromatic N) is 3. The number of carbonyl (C=O) groups excluding carboxylic acids is 1. The van der Waals surface area contributed by atoms with Crippen LogP contribution in [-0.4, -0.2) is 32.1 Å². The Bertz CT molecular complexity index is 1010. The number of nitrogens with one attached hydrogen (secondary N) is 1. The maximum absolute atomic E-state index is 13.5. The average molecular weight is 453 g/mol. The number of hydrogen-bond donors (Lipinski definition) is 2. The molecule has 0 spiro atoms. The average Bonchev–Trinajstić information content (AvgIpc) is 3.62. The summed E-state index contributed by atoms with van der Waals surface area (Å²) in [6.45, 7) is 0. The lowest BCUT2D eigenvalue weighted by molar-refractivity contribution is -0.123. The molecule has 0 bridgehead atoms. The fraction of sp³-hybridized carbons (Fsp3) is 0.682. The fourth-order valence-electron chi connectivity index (χ4n) is 4.71. The monoisotopic (exact) mass is 453 g/mol. The van der Waals surface area contributed by atoms with Crippen LogP contribution in [0.25, 0.3) is 5.78 Å². The molecule has 0 aromatic carbocycles. The molecule has 1 amide bonds. The molecular weight excluding hydrogens is 426 g/mol. The van der Waals surface area contributed by atoms with Gasteiger partial charge in [0, 0.05) is 44.0 Å². The molecule has 174 valence electrons. The van der Waals surface area contributed by atoms with Crippen molar-refractivity contribution in [1.82, 2.24) is 19.7 Å². The molecule has 2 aromatic heterocycles. The molecule has 2 heterocycles. The smallest absolute Gasteiger partial charge is 0.252 e. The number of aromatic nitrogens is 3. The minimum atomic E-state index is -2.72. The zero-order valence-electron chi connectivity index (χ0n) is 17.6. The maximum Gasteiger partial charge on any atom is 0.252 e. The number of carbonyl (C=O) groups is 1. The van der Waals surface area contributed by atoms with Gasteiger partial charge in [0.25, 0.3) is 5.92 Å². The van der Waals surface area contributed by atoms with Crippen molar-refractivity contribution in [3.63, 3.8) is 0 Å². The van der Waals surface area contributed by atoms with E-state index in [1.165, 1.54) is 0 Å². The van der Waals surface area contributed by atoms with Crippen LogP contribution in [0.3, 0.4) is 0 Å². The summed E-state index contributed by atoms with van der Waals surface area (Å²) in [6, 6.07) is 1.00. The summed E-state index contributed by atoms with van der Waals surface area (Å²) in [6.07, 6.45) is 5.43. The van der Waals surface area contributed by atoms with Crippen LogP contribution in [0, 0.1) is 17.8 Å². The fourth-order valence-corrected chi connectivity index (χ4v) is 4.71. The molecule has 3 aliphatic rings. The normalized spacial score (nSPS) is 26.6. The van der Waals surface area contributed by atoms with E-state index in [2.05, 4.69) is 15.3 Å². The van der Waals surface area contributed by atoms with E-state index >= 15 is 0 Å². The van der Waals surface area contributed by atoms with Crippen LogP contribution < -0.4 is 11.1 Å². The highest BCUT2D eigenvalue weighted by molar-refractivity contribution is 5.77. The van der Waals surface area contributed by atoms with Gasteiger partial charge in [0.2, 0.25) is 17.6 Å². The van der Waals surface area contributed by atoms with Crippen LogP contribution in [-0.2, 0) is 4.79 Å². The van der Waals surface area contributed by atoms with E-state index in [-0.39, 0.29) is 49.5 Å². The molecule has 6 nitrogen and oxygen atoms in total. The highest BCUT2D eigenvalue weighted by Gasteiger charge is 2.57. The van der Waals surface area contributed by atoms with Crippen molar-refractivity contribution in [2.24, 2.45) is 23.5 Å². The SMILES string of the molecule is NC(c1cn2ccc([C@H](NC(=O)CC3CC3(F)F)C3CC3)nc2n1)C1CCC(F)(F)CC1. The van der Waals surface area contributed by atoms with Gasteiger partial charge in [0.05, 0.1) is 23.5 Å². The molecule has 0 radical (unpaired) electrons. The lowest BCUT2D eigenvalue weighted by atomic mass is 9.81. The van der Waals surface area contributed by atoms with Crippen molar-refractivity contribution < 1.29 is 22.4 Å². The number of halogens is 4. The van der Waals surface area contributed by atoms with E-state index in [0.717, 1.165) is 12.8 Å². The standard InChI is InChI=1S/C22H27F4N5O/c23-21(24)6-3-12(4-7-21)18(27)16-11-31-8-5-15(28-20(31)29-16)19(13-1-2-13)30-17(32)9-14-10-22(14,25)26/h5,8,11-14,18-19H,1-4,6-7,9-10,27H2,(H,30,32)/t14?,18?,19-/m1/s1. The van der Waals surface area contributed by atoms with Gasteiger partial charge in [-0.3, -0.25) is 9.20 Å². The van der Waals surface area contributed by atoms with Crippen LogP contribution in [0.2, 0.25) is 0 Å². The van der Waals surface area contributed by atoms with Gasteiger partial charge in [-0.15, -0.1) is 0 Å². The first-order chi connectivity index (χ1) is 15.1. The Labute approximate surface area is 183 Å². The predicted octanol–water partition coefficient (Wildman–Crippen LogP) is 4.17. The van der Waals surface area contributed by atoms with Crippen molar-refractivity contribution in [1.29, 1.82) is 0 Å². The van der Waals surface area contributed by atoms with Gasteiger partial charge in [-0.25, -0.2) is 27.5 Å². The Hall–Kier alpha value is -2.23. The van der Waals surface area contributed by atoms with Gasteiger partial charge in [0.1, 0.15) is 0 Å². The number of alkyl halides is 4. The van der Waals surface area contributed by atoms with Gasteiger partial charge >= 0.3 is 0 Å². The van der Waals surface area contributed by atoms with Crippen LogP contribution in [0.15, 0.2) is 18.5 Å². The maximum atomic E-state index is 13.5. The van der Waals surface area contributed by atoms with Crippen molar-refractivity contribution in [2.45, 2.75) is 75.3 Å². The summed E-state index contributed by atoms with van der Waals surface area (Å²) in [5.41, 5.74) is 7.59. The Morgan fingerprint density at radius 1 is 1.12 bits per heavy atom. The first-order valence-electron chi connectivity index (χ1n) is 11.3. The predicted molar refractivity (Wildman–Crippen MR) is 108 cm³/mol. The summed E-state index contributed by atoms with van der Waals surface area (Å²) in [7, 11) is 0. The van der Waals surface area contributed by atoms with Gasteiger partial charge in [0.15, 0.2) is 0 Å². The van der Waals surface area contributed by atoms with E-state index < -0.39 is 23.8 Å². The first kappa shape index (κ1) is 21.6. The third-order valence-electron chi connectivity index (χ3n) is 7.09. The topological polar surface area (TPSA) is 85.3 Å². The second-order valence-corrected chi connectivity index (χ2v) is 9.69. The summed E-state index contributed by atoms with van der Waals surface area (Å²) in [5, 5.41) is 2.89. The number of nitrogens with two attached hydrogens (primary N) is 1. The first-order valence-corrected chi connectivity index (χ1v) is 11.3. The molecule has 2 unspecified atom stereocenters. The number of hydrogen-bond acceptors (Lipinski definition) is 4. The Morgan fingerprint density at radius 3 is 2.41 bits per heavy atom. The highest BCUT2D eigenvalue weighted by Crippen LogP contribution is 2.51. The molecule has 3 fully saturated rings. The molecule has 3 aliphatic carbocycles. The van der Waals surface area contributed by atoms with Crippen LogP contribution in [0.1, 0.15) is 74.8 Å². The van der Waals surface area contributed by atoms with E-state index in [0.29, 0.717) is 30.0 Å². The zero-order valence-corrected chi connectivity index (χ0v) is 17.6. The quantitative estimate of drug-likeness (QED) is 0.617. The molecule has 3 N–H and O–H groups in total. The minimum absolute atomic E-state index is 0.0574. The van der Waals surface area contributed by atoms with Crippen molar-refractivity contribution in [2.75, 3.05) is 0 Å². The van der Waals surface area contributed by atoms with Crippen LogP contribution >= 0.6 is 0 Å². The Kier molecular flexibility index (Phi) is 5.18. The van der Waals surface area contributed by atoms with Gasteiger partial charge in [-0.2, -0.15) is 0 Å². The lowest BCUT2D eigenvalue weighted by Gasteiger charge is -2.31. The van der Waals surface area contributed by atoms with Gasteiger partial charge in [-0.05, 0) is 43.6 Å². The van der Waals surface area contributed by atoms with Crippen molar-refractivity contribution in [3.8, 4) is 0 Å². The second-order valence-electron chi connectivity index (χ2n) is 9.69. The second kappa shape index (κ2) is 7.67. The summed E-state index contributed by atoms with van der Waals surface area (Å²) >= 11 is 0. The lowest BCUT2D eigenvalue weighted by Crippen LogP contribution is -2.31. The van der Waals surface area contributed by atoms with E-state index in [1.807, 2.05) is 0 Å². The molecule has 3 atom stereocenters. The van der Waals surface area contributed by atoms with E-state index in [4.69, 9.17) is 5.73 Å². The summed E-state index contributed by atoms with van der Waals surface area (Å²) in [4.78, 5) is 21.4. The molecule has 10 heteroatoms. The zero-order chi connectivity index (χ0) is 22.7. The molecule has 3 saturated carbocycles. The molecule has 32 heavy (non-hydrogen) atoms. The van der Waals surface area contributed by atoms with Crippen molar-refractivity contribution >= 4 is 11.7 Å². The number of fused-ring (bicyclic) bond motifs is 1. The van der Waals surface area contributed by atoms with Crippen LogP contribution in [0.4, 0.5) is 17.6 Å². The summed E-state index contributed by atoms with van der Waals surface area (Å²) in [5.74, 6) is -5.98. The minimum Gasteiger partial charge on any atom is -0.347 e. The molecule has 2 aromatic rings. The van der Waals surface area contributed by atoms with Crippen LogP contribution in [0.5, 0.6) is 0 Å². The van der Waals surface area contributed by atoms with Gasteiger partial charge < -0.3 is 11.1 Å². The Balaban J connectivity index is 1.30. The third kappa shape index (κ3) is 4.46. The molecule has 0 aliphatic heterocycles. The van der Waals surface area contributed by atoms with Gasteiger partial charge in [-0.1, -0.05) is 0 Å². The third-order valence-corrected chi connectivity index (χ3v) is 7.09. The van der Waals surface area contributed by atoms with Crippen molar-refractivity contribution in [3.05, 3.63) is 29.8 Å². The van der Waals surface area contributed by atoms with E-state index in [9.17, 15) is 22.4 Å².